The number of rotatable bonds is 7. The fourth-order valence-corrected chi connectivity index (χ4v) is 14.6. The van der Waals surface area contributed by atoms with E-state index in [4.69, 9.17) is 9.97 Å². The second-order valence-electron chi connectivity index (χ2n) is 19.7. The van der Waals surface area contributed by atoms with Gasteiger partial charge in [-0.25, -0.2) is 9.97 Å². The van der Waals surface area contributed by atoms with Gasteiger partial charge in [-0.2, -0.15) is 0 Å². The van der Waals surface area contributed by atoms with E-state index in [0.717, 1.165) is 32.2 Å². The van der Waals surface area contributed by atoms with Gasteiger partial charge in [0.15, 0.2) is 0 Å². The van der Waals surface area contributed by atoms with Crippen LogP contribution in [0.4, 0.5) is 0 Å². The molecule has 0 spiro atoms. The second-order valence-corrected chi connectivity index (χ2v) is 32.0. The van der Waals surface area contributed by atoms with Crippen molar-refractivity contribution in [1.82, 2.24) is 9.97 Å². The predicted molar refractivity (Wildman–Crippen MR) is 296 cm³/mol. The van der Waals surface area contributed by atoms with Crippen LogP contribution in [0, 0.1) is 0 Å². The number of nitrogens with zero attached hydrogens (tertiary/aromatic N) is 2. The summed E-state index contributed by atoms with van der Waals surface area (Å²) in [5, 5.41) is 15.0. The predicted octanol–water partition coefficient (Wildman–Crippen LogP) is 16.9. The number of fused-ring (bicyclic) bond motifs is 6. The summed E-state index contributed by atoms with van der Waals surface area (Å²) in [7, 11) is -2.90. The summed E-state index contributed by atoms with van der Waals surface area (Å²) < 4.78 is 2.52. The minimum absolute atomic E-state index is 1.06. The van der Waals surface area contributed by atoms with E-state index in [1.807, 2.05) is 0 Å². The van der Waals surface area contributed by atoms with Gasteiger partial charge in [-0.15, -0.1) is 22.7 Å². The summed E-state index contributed by atoms with van der Waals surface area (Å²) in [6, 6.07) is 68.1. The van der Waals surface area contributed by atoms with Crippen molar-refractivity contribution in [3.8, 4) is 54.5 Å². The van der Waals surface area contributed by atoms with Crippen molar-refractivity contribution in [2.45, 2.75) is 39.3 Å². The zero-order valence-corrected chi connectivity index (χ0v) is 41.7. The Morgan fingerprint density at radius 2 is 0.606 bits per heavy atom. The molecule has 318 valence electrons. The number of hydrogen-bond acceptors (Lipinski definition) is 4. The van der Waals surface area contributed by atoms with Crippen LogP contribution in [0.1, 0.15) is 0 Å². The molecular weight excluding hydrogens is 869 g/mol. The number of hydrogen-bond donors (Lipinski definition) is 0. The van der Waals surface area contributed by atoms with Crippen molar-refractivity contribution < 1.29 is 0 Å². The molecular formula is C60H48N2S2Si2. The van der Waals surface area contributed by atoms with E-state index >= 15 is 0 Å². The quantitative estimate of drug-likeness (QED) is 0.118. The third-order valence-corrected chi connectivity index (χ3v) is 19.6. The Balaban J connectivity index is 1.05. The molecule has 0 N–H and O–H groups in total. The maximum absolute atomic E-state index is 5.18. The minimum Gasteiger partial charge on any atom is -0.236 e. The lowest BCUT2D eigenvalue weighted by Crippen LogP contribution is -2.37. The maximum atomic E-state index is 5.18. The molecule has 12 rings (SSSR count). The molecule has 12 aromatic rings. The third-order valence-electron chi connectivity index (χ3n) is 13.4. The third kappa shape index (κ3) is 6.85. The highest BCUT2D eigenvalue weighted by molar-refractivity contribution is 7.22. The van der Waals surface area contributed by atoms with Crippen molar-refractivity contribution in [2.24, 2.45) is 0 Å². The van der Waals surface area contributed by atoms with E-state index in [1.165, 1.54) is 96.2 Å². The lowest BCUT2D eigenvalue weighted by molar-refractivity contribution is 1.48. The highest BCUT2D eigenvalue weighted by Gasteiger charge is 2.24. The van der Waals surface area contributed by atoms with Crippen LogP contribution in [-0.4, -0.2) is 26.1 Å². The lowest BCUT2D eigenvalue weighted by Gasteiger charge is -2.22. The zero-order valence-electron chi connectivity index (χ0n) is 38.0. The van der Waals surface area contributed by atoms with Gasteiger partial charge in [0.25, 0.3) is 0 Å². The molecule has 0 unspecified atom stereocenters. The van der Waals surface area contributed by atoms with Gasteiger partial charge >= 0.3 is 0 Å². The molecule has 6 heteroatoms. The summed E-state index contributed by atoms with van der Waals surface area (Å²) >= 11 is 3.61. The van der Waals surface area contributed by atoms with Gasteiger partial charge in [-0.3, -0.25) is 0 Å². The molecule has 2 heterocycles. The van der Waals surface area contributed by atoms with Crippen LogP contribution >= 0.6 is 22.7 Å². The van der Waals surface area contributed by atoms with E-state index in [-0.39, 0.29) is 0 Å². The standard InChI is InChI=1S/C60H48N2S2Si2/c1-65(2,3)41-29-31-51-53(35-41)63-59(61-51)39-19-15-17-37(33-39)55-43-21-7-11-25-47(43)57(48-26-12-8-22-44(48)55)58-49-27-13-9-23-45(49)56(46-24-10-14-28-50(46)58)38-18-16-20-40(34-38)60-62-52-32-30-42(66(4,5)6)36-54(52)64-60/h7-36H,1-6H3. The van der Waals surface area contributed by atoms with Crippen LogP contribution in [0.25, 0.3) is 118 Å². The minimum atomic E-state index is -1.45. The van der Waals surface area contributed by atoms with E-state index in [9.17, 15) is 0 Å². The second kappa shape index (κ2) is 15.5. The van der Waals surface area contributed by atoms with E-state index in [1.54, 1.807) is 22.7 Å². The summed E-state index contributed by atoms with van der Waals surface area (Å²) in [4.78, 5) is 10.4. The Hall–Kier alpha value is -6.55. The molecule has 0 atom stereocenters. The van der Waals surface area contributed by atoms with Gasteiger partial charge in [0.1, 0.15) is 10.0 Å². The zero-order chi connectivity index (χ0) is 44.9. The maximum Gasteiger partial charge on any atom is 0.124 e. The largest absolute Gasteiger partial charge is 0.236 e. The summed E-state index contributed by atoms with van der Waals surface area (Å²) in [6.45, 7) is 14.5. The summed E-state index contributed by atoms with van der Waals surface area (Å²) in [5.74, 6) is 0. The van der Waals surface area contributed by atoms with E-state index in [2.05, 4.69) is 221 Å². The summed E-state index contributed by atoms with van der Waals surface area (Å²) in [5.41, 5.74) is 11.9. The topological polar surface area (TPSA) is 25.8 Å². The van der Waals surface area contributed by atoms with Crippen LogP contribution in [0.2, 0.25) is 39.3 Å². The molecule has 0 saturated heterocycles. The molecule has 10 aromatic carbocycles. The highest BCUT2D eigenvalue weighted by atomic mass is 32.1. The lowest BCUT2D eigenvalue weighted by atomic mass is 9.81. The van der Waals surface area contributed by atoms with Gasteiger partial charge in [0, 0.05) is 11.1 Å². The molecule has 0 radical (unpaired) electrons. The molecule has 2 nitrogen and oxygen atoms in total. The molecule has 2 aromatic heterocycles. The summed E-state index contributed by atoms with van der Waals surface area (Å²) in [6.07, 6.45) is 0. The molecule has 0 aliphatic carbocycles. The van der Waals surface area contributed by atoms with Crippen molar-refractivity contribution in [3.63, 3.8) is 0 Å². The Kier molecular flexibility index (Phi) is 9.63. The number of thiazole rings is 2. The van der Waals surface area contributed by atoms with Crippen molar-refractivity contribution in [3.05, 3.63) is 182 Å². The van der Waals surface area contributed by atoms with Gasteiger partial charge in [0.2, 0.25) is 0 Å². The van der Waals surface area contributed by atoms with Gasteiger partial charge in [-0.05, 0) is 113 Å². The Morgan fingerprint density at radius 3 is 0.924 bits per heavy atom. The Morgan fingerprint density at radius 1 is 0.303 bits per heavy atom. The molecule has 0 fully saturated rings. The average molecular weight is 917 g/mol. The van der Waals surface area contributed by atoms with Crippen molar-refractivity contribution in [1.29, 1.82) is 0 Å². The van der Waals surface area contributed by atoms with Crippen LogP contribution in [0.5, 0.6) is 0 Å². The van der Waals surface area contributed by atoms with Crippen molar-refractivity contribution in [2.75, 3.05) is 0 Å². The Bertz CT molecular complexity index is 3550. The molecule has 0 aliphatic rings. The molecule has 0 bridgehead atoms. The smallest absolute Gasteiger partial charge is 0.124 e. The molecule has 66 heavy (non-hydrogen) atoms. The normalized spacial score (nSPS) is 12.4. The van der Waals surface area contributed by atoms with E-state index in [0.29, 0.717) is 0 Å². The fourth-order valence-electron chi connectivity index (χ4n) is 10.1. The van der Waals surface area contributed by atoms with Crippen LogP contribution < -0.4 is 10.4 Å². The monoisotopic (exact) mass is 916 g/mol. The molecule has 0 saturated carbocycles. The van der Waals surface area contributed by atoms with Gasteiger partial charge in [0.05, 0.1) is 36.6 Å². The molecule has 0 amide bonds. The highest BCUT2D eigenvalue weighted by Crippen LogP contribution is 2.50. The fraction of sp³-hybridized carbons (Fsp3) is 0.100. The first kappa shape index (κ1) is 40.9. The van der Waals surface area contributed by atoms with Crippen LogP contribution in [0.15, 0.2) is 182 Å². The SMILES string of the molecule is C[Si](C)(C)c1ccc2nc(-c3cccc(-c4c5ccccc5c(-c5c6ccccc6c(-c6cccc(-c7nc8ccc([Si](C)(C)C)cc8s7)c6)c6ccccc56)c5ccccc45)c3)sc2c1. The van der Waals surface area contributed by atoms with Gasteiger partial charge in [-0.1, -0.05) is 195 Å². The first-order valence-electron chi connectivity index (χ1n) is 22.9. The average Bonchev–Trinajstić information content (AvgIpc) is 3.97. The van der Waals surface area contributed by atoms with E-state index < -0.39 is 16.1 Å². The number of benzene rings is 10. The first-order chi connectivity index (χ1) is 32.0. The van der Waals surface area contributed by atoms with Crippen molar-refractivity contribution >= 4 is 113 Å². The number of aromatic nitrogens is 2. The van der Waals surface area contributed by atoms with Crippen LogP contribution in [0.3, 0.4) is 0 Å². The molecule has 0 aliphatic heterocycles. The van der Waals surface area contributed by atoms with Gasteiger partial charge < -0.3 is 0 Å². The van der Waals surface area contributed by atoms with Crippen LogP contribution in [-0.2, 0) is 0 Å². The first-order valence-corrected chi connectivity index (χ1v) is 31.5. The Labute approximate surface area is 395 Å².